The summed E-state index contributed by atoms with van der Waals surface area (Å²) in [6.07, 6.45) is 2.35. The minimum absolute atomic E-state index is 0.0471. The van der Waals surface area contributed by atoms with Crippen molar-refractivity contribution in [2.45, 2.75) is 27.2 Å². The van der Waals surface area contributed by atoms with E-state index in [-0.39, 0.29) is 11.8 Å². The largest absolute Gasteiger partial charge is 0.337 e. The maximum absolute atomic E-state index is 12.8. The van der Waals surface area contributed by atoms with Crippen LogP contribution in [0, 0.1) is 12.3 Å². The number of anilines is 1. The average Bonchev–Trinajstić information content (AvgIpc) is 2.62. The van der Waals surface area contributed by atoms with Crippen LogP contribution in [-0.2, 0) is 4.79 Å². The first-order valence-corrected chi connectivity index (χ1v) is 9.50. The molecule has 24 heavy (non-hydrogen) atoms. The molecule has 0 unspecified atom stereocenters. The molecule has 1 fully saturated rings. The molecular formula is C19H26N2O2S. The molecule has 0 bridgehead atoms. The summed E-state index contributed by atoms with van der Waals surface area (Å²) >= 11 is 1.87. The van der Waals surface area contributed by atoms with Crippen molar-refractivity contribution in [3.8, 4) is 0 Å². The highest BCUT2D eigenvalue weighted by Gasteiger charge is 2.28. The number of carbonyl (C=O) groups is 2. The molecule has 2 amide bonds. The van der Waals surface area contributed by atoms with Crippen LogP contribution in [0.4, 0.5) is 5.69 Å². The number of nitrogens with one attached hydrogen (secondary N) is 1. The molecule has 1 atom stereocenters. The van der Waals surface area contributed by atoms with Gasteiger partial charge < -0.3 is 10.2 Å². The summed E-state index contributed by atoms with van der Waals surface area (Å²) in [5.74, 6) is 1.91. The van der Waals surface area contributed by atoms with Gasteiger partial charge in [-0.3, -0.25) is 9.59 Å². The van der Waals surface area contributed by atoms with Crippen molar-refractivity contribution in [2.75, 3.05) is 29.9 Å². The second-order valence-corrected chi connectivity index (χ2v) is 7.54. The molecule has 0 aliphatic carbocycles. The molecular weight excluding hydrogens is 320 g/mol. The lowest BCUT2D eigenvalue weighted by Crippen LogP contribution is -2.38. The molecule has 1 N–H and O–H groups in total. The normalized spacial score (nSPS) is 17.0. The first-order chi connectivity index (χ1) is 11.4. The van der Waals surface area contributed by atoms with Crippen LogP contribution in [0.2, 0.25) is 0 Å². The van der Waals surface area contributed by atoms with Gasteiger partial charge in [-0.05, 0) is 38.0 Å². The smallest absolute Gasteiger partial charge is 0.254 e. The number of amides is 2. The quantitative estimate of drug-likeness (QED) is 0.827. The van der Waals surface area contributed by atoms with Crippen molar-refractivity contribution in [3.63, 3.8) is 0 Å². The van der Waals surface area contributed by atoms with Gasteiger partial charge in [-0.2, -0.15) is 11.8 Å². The van der Waals surface area contributed by atoms with Crippen LogP contribution in [0.1, 0.15) is 36.2 Å². The van der Waals surface area contributed by atoms with E-state index in [1.165, 1.54) is 0 Å². The number of hydrogen-bond acceptors (Lipinski definition) is 3. The van der Waals surface area contributed by atoms with E-state index in [1.54, 1.807) is 6.08 Å². The van der Waals surface area contributed by atoms with Gasteiger partial charge in [-0.25, -0.2) is 0 Å². The summed E-state index contributed by atoms with van der Waals surface area (Å²) in [7, 11) is 0. The Bertz CT molecular complexity index is 638. The summed E-state index contributed by atoms with van der Waals surface area (Å²) in [6, 6.07) is 5.50. The standard InChI is InChI=1S/C19H26N2O2S/c1-5-19(4,6-2)18(23)20-16-9-7-8-15(14(16)3)17(22)21-10-12-24-13-11-21/h5,7-9H,1,6,10-13H2,2-4H3,(H,20,23)/t19-/m0/s1. The topological polar surface area (TPSA) is 49.4 Å². The van der Waals surface area contributed by atoms with E-state index >= 15 is 0 Å². The highest BCUT2D eigenvalue weighted by molar-refractivity contribution is 7.99. The maximum atomic E-state index is 12.8. The molecule has 4 nitrogen and oxygen atoms in total. The van der Waals surface area contributed by atoms with Crippen molar-refractivity contribution in [1.82, 2.24) is 4.90 Å². The Kier molecular flexibility index (Phi) is 6.10. The zero-order chi connectivity index (χ0) is 17.7. The van der Waals surface area contributed by atoms with E-state index < -0.39 is 5.41 Å². The third-order valence-corrected chi connectivity index (χ3v) is 5.76. The first kappa shape index (κ1) is 18.6. The first-order valence-electron chi connectivity index (χ1n) is 8.34. The fraction of sp³-hybridized carbons (Fsp3) is 0.474. The Balaban J connectivity index is 2.23. The van der Waals surface area contributed by atoms with E-state index in [0.29, 0.717) is 17.7 Å². The summed E-state index contributed by atoms with van der Waals surface area (Å²) < 4.78 is 0. The predicted molar refractivity (Wildman–Crippen MR) is 102 cm³/mol. The molecule has 1 aliphatic heterocycles. The van der Waals surface area contributed by atoms with Crippen LogP contribution in [0.5, 0.6) is 0 Å². The number of carbonyl (C=O) groups excluding carboxylic acids is 2. The van der Waals surface area contributed by atoms with E-state index in [2.05, 4.69) is 11.9 Å². The van der Waals surface area contributed by atoms with Crippen molar-refractivity contribution in [2.24, 2.45) is 5.41 Å². The van der Waals surface area contributed by atoms with E-state index in [4.69, 9.17) is 0 Å². The van der Waals surface area contributed by atoms with Gasteiger partial charge in [0.25, 0.3) is 5.91 Å². The van der Waals surface area contributed by atoms with Gasteiger partial charge in [0.15, 0.2) is 0 Å². The third kappa shape index (κ3) is 3.83. The molecule has 0 saturated carbocycles. The van der Waals surface area contributed by atoms with Crippen LogP contribution >= 0.6 is 11.8 Å². The zero-order valence-electron chi connectivity index (χ0n) is 14.7. The molecule has 1 saturated heterocycles. The fourth-order valence-corrected chi connectivity index (χ4v) is 3.51. The lowest BCUT2D eigenvalue weighted by molar-refractivity contribution is -0.122. The Morgan fingerprint density at radius 3 is 2.62 bits per heavy atom. The summed E-state index contributed by atoms with van der Waals surface area (Å²) in [5, 5.41) is 2.97. The van der Waals surface area contributed by atoms with Crippen LogP contribution in [0.15, 0.2) is 30.9 Å². The highest BCUT2D eigenvalue weighted by atomic mass is 32.2. The summed E-state index contributed by atoms with van der Waals surface area (Å²) in [5.41, 5.74) is 1.56. The van der Waals surface area contributed by atoms with E-state index in [0.717, 1.165) is 30.2 Å². The molecule has 130 valence electrons. The zero-order valence-corrected chi connectivity index (χ0v) is 15.5. The van der Waals surface area contributed by atoms with Gasteiger partial charge in [0.1, 0.15) is 0 Å². The van der Waals surface area contributed by atoms with Gasteiger partial charge in [0.2, 0.25) is 5.91 Å². The molecule has 2 rings (SSSR count). The maximum Gasteiger partial charge on any atom is 0.254 e. The number of nitrogens with zero attached hydrogens (tertiary/aromatic N) is 1. The van der Waals surface area contributed by atoms with Gasteiger partial charge in [-0.15, -0.1) is 6.58 Å². The summed E-state index contributed by atoms with van der Waals surface area (Å²) in [4.78, 5) is 27.2. The van der Waals surface area contributed by atoms with Crippen LogP contribution in [-0.4, -0.2) is 41.3 Å². The molecule has 1 aliphatic rings. The van der Waals surface area contributed by atoms with Crippen LogP contribution in [0.25, 0.3) is 0 Å². The van der Waals surface area contributed by atoms with Crippen LogP contribution in [0.3, 0.4) is 0 Å². The lowest BCUT2D eigenvalue weighted by atomic mass is 9.86. The van der Waals surface area contributed by atoms with E-state index in [9.17, 15) is 9.59 Å². The molecule has 1 aromatic rings. The molecule has 1 heterocycles. The van der Waals surface area contributed by atoms with Crippen molar-refractivity contribution in [3.05, 3.63) is 42.0 Å². The Labute approximate surface area is 148 Å². The number of hydrogen-bond donors (Lipinski definition) is 1. The molecule has 0 radical (unpaired) electrons. The van der Waals surface area contributed by atoms with Crippen LogP contribution < -0.4 is 5.32 Å². The SMILES string of the molecule is C=C[C@@](C)(CC)C(=O)Nc1cccc(C(=O)N2CCSCC2)c1C. The molecule has 1 aromatic carbocycles. The third-order valence-electron chi connectivity index (χ3n) is 4.81. The van der Waals surface area contributed by atoms with Crippen molar-refractivity contribution in [1.29, 1.82) is 0 Å². The second kappa shape index (κ2) is 7.88. The minimum atomic E-state index is -0.615. The van der Waals surface area contributed by atoms with Gasteiger partial charge in [0, 0.05) is 35.8 Å². The molecule has 0 aromatic heterocycles. The Morgan fingerprint density at radius 1 is 1.38 bits per heavy atom. The number of thioether (sulfide) groups is 1. The van der Waals surface area contributed by atoms with E-state index in [1.807, 2.05) is 55.6 Å². The Hall–Kier alpha value is -1.75. The minimum Gasteiger partial charge on any atom is -0.337 e. The number of rotatable bonds is 5. The van der Waals surface area contributed by atoms with Crippen molar-refractivity contribution < 1.29 is 9.59 Å². The highest BCUT2D eigenvalue weighted by Crippen LogP contribution is 2.27. The van der Waals surface area contributed by atoms with Crippen molar-refractivity contribution >= 4 is 29.3 Å². The van der Waals surface area contributed by atoms with Gasteiger partial charge >= 0.3 is 0 Å². The number of benzene rings is 1. The van der Waals surface area contributed by atoms with Gasteiger partial charge in [-0.1, -0.05) is 19.1 Å². The second-order valence-electron chi connectivity index (χ2n) is 6.31. The average molecular weight is 346 g/mol. The predicted octanol–water partition coefficient (Wildman–Crippen LogP) is 3.72. The Morgan fingerprint density at radius 2 is 2.04 bits per heavy atom. The lowest BCUT2D eigenvalue weighted by Gasteiger charge is -2.28. The molecule has 5 heteroatoms. The monoisotopic (exact) mass is 346 g/mol. The molecule has 0 spiro atoms. The fourth-order valence-electron chi connectivity index (χ4n) is 2.60. The summed E-state index contributed by atoms with van der Waals surface area (Å²) in [6.45, 7) is 11.0. The van der Waals surface area contributed by atoms with Gasteiger partial charge in [0.05, 0.1) is 5.41 Å².